The molecule has 33 heavy (non-hydrogen) atoms. The summed E-state index contributed by atoms with van der Waals surface area (Å²) in [5.74, 6) is 1.08. The first kappa shape index (κ1) is 27.1. The van der Waals surface area contributed by atoms with Crippen LogP contribution >= 0.6 is 24.0 Å². The third kappa shape index (κ3) is 8.59. The van der Waals surface area contributed by atoms with Crippen molar-refractivity contribution < 1.29 is 23.0 Å². The number of alkyl halides is 2. The Balaban J connectivity index is 0.00000385. The molecule has 0 spiro atoms. The zero-order chi connectivity index (χ0) is 22.8. The van der Waals surface area contributed by atoms with Crippen LogP contribution in [0.15, 0.2) is 47.5 Å². The number of methoxy groups -OCH3 is 1. The minimum atomic E-state index is -2.92. The van der Waals surface area contributed by atoms with Crippen molar-refractivity contribution in [2.75, 3.05) is 40.5 Å². The number of nitrogens with one attached hydrogen (secondary N) is 2. The minimum Gasteiger partial charge on any atom is -0.497 e. The molecule has 3 rings (SSSR count). The zero-order valence-electron chi connectivity index (χ0n) is 18.9. The average molecular weight is 576 g/mol. The van der Waals surface area contributed by atoms with Crippen LogP contribution in [0.4, 0.5) is 8.78 Å². The zero-order valence-corrected chi connectivity index (χ0v) is 21.2. The Kier molecular flexibility index (Phi) is 11.6. The van der Waals surface area contributed by atoms with Crippen molar-refractivity contribution in [1.29, 1.82) is 0 Å². The quantitative estimate of drug-likeness (QED) is 0.270. The van der Waals surface area contributed by atoms with Gasteiger partial charge in [0.15, 0.2) is 5.96 Å². The molecule has 2 aromatic rings. The van der Waals surface area contributed by atoms with Gasteiger partial charge in [0, 0.05) is 51.4 Å². The molecule has 2 aromatic carbocycles. The van der Waals surface area contributed by atoms with Crippen molar-refractivity contribution in [1.82, 2.24) is 15.5 Å². The third-order valence-corrected chi connectivity index (χ3v) is 5.22. The van der Waals surface area contributed by atoms with E-state index in [4.69, 9.17) is 9.47 Å². The van der Waals surface area contributed by atoms with Gasteiger partial charge < -0.3 is 24.8 Å². The Labute approximate surface area is 210 Å². The number of ether oxygens (including phenoxy) is 3. The van der Waals surface area contributed by atoms with Gasteiger partial charge in [-0.2, -0.15) is 8.78 Å². The maximum atomic E-state index is 12.8. The van der Waals surface area contributed by atoms with Crippen LogP contribution in [0.25, 0.3) is 0 Å². The summed E-state index contributed by atoms with van der Waals surface area (Å²) in [5, 5.41) is 6.45. The molecule has 1 heterocycles. The summed E-state index contributed by atoms with van der Waals surface area (Å²) in [6.45, 7) is 2.18. The Morgan fingerprint density at radius 1 is 1.06 bits per heavy atom. The van der Waals surface area contributed by atoms with Crippen LogP contribution in [-0.2, 0) is 24.4 Å². The summed E-state index contributed by atoms with van der Waals surface area (Å²) in [5.41, 5.74) is 3.00. The van der Waals surface area contributed by atoms with Gasteiger partial charge in [0.25, 0.3) is 0 Å². The molecule has 2 N–H and O–H groups in total. The Morgan fingerprint density at radius 2 is 1.73 bits per heavy atom. The van der Waals surface area contributed by atoms with E-state index in [-0.39, 0.29) is 36.3 Å². The summed E-state index contributed by atoms with van der Waals surface area (Å²) in [6.07, 6.45) is 0. The summed E-state index contributed by atoms with van der Waals surface area (Å²) in [6, 6.07) is 13.1. The molecule has 1 aliphatic rings. The maximum Gasteiger partial charge on any atom is 0.387 e. The average Bonchev–Trinajstić information content (AvgIpc) is 2.81. The van der Waals surface area contributed by atoms with Crippen LogP contribution in [0.2, 0.25) is 0 Å². The SMILES string of the molecule is CN=C(NCc1ccccc1CN1CCOCC1)NCc1ccc(OC)cc1OC(F)F.I. The molecule has 10 heteroatoms. The van der Waals surface area contributed by atoms with Gasteiger partial charge in [-0.3, -0.25) is 9.89 Å². The fraction of sp³-hybridized carbons (Fsp3) is 0.435. The second-order valence-corrected chi connectivity index (χ2v) is 7.29. The molecule has 1 saturated heterocycles. The van der Waals surface area contributed by atoms with Crippen LogP contribution in [0, 0.1) is 0 Å². The van der Waals surface area contributed by atoms with Gasteiger partial charge >= 0.3 is 6.61 Å². The van der Waals surface area contributed by atoms with Crippen LogP contribution in [0.3, 0.4) is 0 Å². The molecule has 0 saturated carbocycles. The number of nitrogens with zero attached hydrogens (tertiary/aromatic N) is 2. The fourth-order valence-corrected chi connectivity index (χ4v) is 3.48. The molecule has 0 aliphatic carbocycles. The van der Waals surface area contributed by atoms with Crippen molar-refractivity contribution in [3.8, 4) is 11.5 Å². The van der Waals surface area contributed by atoms with Crippen LogP contribution < -0.4 is 20.1 Å². The van der Waals surface area contributed by atoms with E-state index in [1.165, 1.54) is 24.3 Å². The number of hydrogen-bond donors (Lipinski definition) is 2. The highest BCUT2D eigenvalue weighted by atomic mass is 127. The van der Waals surface area contributed by atoms with E-state index in [2.05, 4.69) is 37.4 Å². The summed E-state index contributed by atoms with van der Waals surface area (Å²) in [4.78, 5) is 6.62. The molecule has 1 aliphatic heterocycles. The summed E-state index contributed by atoms with van der Waals surface area (Å²) >= 11 is 0. The topological polar surface area (TPSA) is 67.4 Å². The first-order chi connectivity index (χ1) is 15.6. The Hall–Kier alpha value is -2.18. The predicted molar refractivity (Wildman–Crippen MR) is 135 cm³/mol. The van der Waals surface area contributed by atoms with Gasteiger partial charge in [-0.15, -0.1) is 24.0 Å². The van der Waals surface area contributed by atoms with Gasteiger partial charge in [0.2, 0.25) is 0 Å². The molecule has 182 valence electrons. The molecule has 0 radical (unpaired) electrons. The third-order valence-electron chi connectivity index (χ3n) is 5.22. The van der Waals surface area contributed by atoms with Crippen molar-refractivity contribution in [3.63, 3.8) is 0 Å². The van der Waals surface area contributed by atoms with E-state index in [1.54, 1.807) is 19.2 Å². The highest BCUT2D eigenvalue weighted by Gasteiger charge is 2.14. The van der Waals surface area contributed by atoms with E-state index >= 15 is 0 Å². The lowest BCUT2D eigenvalue weighted by Gasteiger charge is -2.27. The Bertz CT molecular complexity index is 896. The molecular formula is C23H31F2IN4O3. The first-order valence-corrected chi connectivity index (χ1v) is 10.5. The van der Waals surface area contributed by atoms with Crippen LogP contribution in [0.1, 0.15) is 16.7 Å². The number of guanidine groups is 1. The molecular weight excluding hydrogens is 545 g/mol. The second-order valence-electron chi connectivity index (χ2n) is 7.29. The standard InChI is InChI=1S/C23H30F2N4O3.HI/c1-26-23(28-15-18-7-8-20(30-2)13-21(18)32-22(24)25)27-14-17-5-3-4-6-19(17)16-29-9-11-31-12-10-29;/h3-8,13,22H,9-12,14-16H2,1-2H3,(H2,26,27,28);1H. The number of hydrogen-bond acceptors (Lipinski definition) is 5. The second kappa shape index (κ2) is 14.2. The van der Waals surface area contributed by atoms with Gasteiger partial charge in [0.05, 0.1) is 20.3 Å². The summed E-state index contributed by atoms with van der Waals surface area (Å²) < 4.78 is 40.7. The van der Waals surface area contributed by atoms with Gasteiger partial charge in [-0.25, -0.2) is 0 Å². The van der Waals surface area contributed by atoms with Crippen molar-refractivity contribution in [2.24, 2.45) is 4.99 Å². The summed E-state index contributed by atoms with van der Waals surface area (Å²) in [7, 11) is 3.14. The van der Waals surface area contributed by atoms with Crippen molar-refractivity contribution in [3.05, 3.63) is 59.2 Å². The number of benzene rings is 2. The number of halogens is 3. The van der Waals surface area contributed by atoms with E-state index in [9.17, 15) is 8.78 Å². The lowest BCUT2D eigenvalue weighted by atomic mass is 10.1. The van der Waals surface area contributed by atoms with E-state index in [1.807, 2.05) is 12.1 Å². The van der Waals surface area contributed by atoms with Gasteiger partial charge in [0.1, 0.15) is 11.5 Å². The highest BCUT2D eigenvalue weighted by molar-refractivity contribution is 14.0. The molecule has 0 bridgehead atoms. The van der Waals surface area contributed by atoms with Crippen molar-refractivity contribution in [2.45, 2.75) is 26.2 Å². The van der Waals surface area contributed by atoms with Crippen LogP contribution in [-0.4, -0.2) is 57.9 Å². The number of rotatable bonds is 9. The fourth-order valence-electron chi connectivity index (χ4n) is 3.48. The highest BCUT2D eigenvalue weighted by Crippen LogP contribution is 2.26. The Morgan fingerprint density at radius 3 is 2.36 bits per heavy atom. The smallest absolute Gasteiger partial charge is 0.387 e. The lowest BCUT2D eigenvalue weighted by molar-refractivity contribution is -0.0505. The lowest BCUT2D eigenvalue weighted by Crippen LogP contribution is -2.37. The van der Waals surface area contributed by atoms with Gasteiger partial charge in [-0.1, -0.05) is 24.3 Å². The van der Waals surface area contributed by atoms with Crippen LogP contribution in [0.5, 0.6) is 11.5 Å². The van der Waals surface area contributed by atoms with E-state index < -0.39 is 6.61 Å². The molecule has 0 unspecified atom stereocenters. The molecule has 1 fully saturated rings. The monoisotopic (exact) mass is 576 g/mol. The normalized spacial score (nSPS) is 14.5. The number of aliphatic imine (C=N–C) groups is 1. The molecule has 0 aromatic heterocycles. The van der Waals surface area contributed by atoms with Crippen molar-refractivity contribution >= 4 is 29.9 Å². The van der Waals surface area contributed by atoms with E-state index in [0.29, 0.717) is 23.8 Å². The maximum absolute atomic E-state index is 12.8. The largest absolute Gasteiger partial charge is 0.497 e. The molecule has 7 nitrogen and oxygen atoms in total. The predicted octanol–water partition coefficient (Wildman–Crippen LogP) is 3.61. The first-order valence-electron chi connectivity index (χ1n) is 10.5. The van der Waals surface area contributed by atoms with Gasteiger partial charge in [-0.05, 0) is 23.3 Å². The molecule has 0 amide bonds. The molecule has 0 atom stereocenters. The number of morpholine rings is 1. The van der Waals surface area contributed by atoms with E-state index in [0.717, 1.165) is 32.8 Å². The minimum absolute atomic E-state index is 0.